The molecule has 0 aliphatic rings. The Balaban J connectivity index is 2.86. The van der Waals surface area contributed by atoms with Gasteiger partial charge in [0.2, 0.25) is 0 Å². The van der Waals surface area contributed by atoms with Gasteiger partial charge in [0.25, 0.3) is 0 Å². The van der Waals surface area contributed by atoms with Crippen LogP contribution < -0.4 is 0 Å². The van der Waals surface area contributed by atoms with Gasteiger partial charge < -0.3 is 4.52 Å². The lowest BCUT2D eigenvalue weighted by molar-refractivity contribution is 0.112. The molecule has 0 bridgehead atoms. The maximum Gasteiger partial charge on any atom is 0.186 e. The van der Waals surface area contributed by atoms with E-state index in [0.717, 1.165) is 5.39 Å². The van der Waals surface area contributed by atoms with Gasteiger partial charge in [0, 0.05) is 10.9 Å². The second-order valence-electron chi connectivity index (χ2n) is 2.33. The number of carbonyl (C=O) groups is 1. The monoisotopic (exact) mass is 181 g/mol. The molecular formula is C8H4ClNO2. The summed E-state index contributed by atoms with van der Waals surface area (Å²) in [4.78, 5) is 10.4. The van der Waals surface area contributed by atoms with E-state index in [1.165, 1.54) is 0 Å². The van der Waals surface area contributed by atoms with Crippen LogP contribution in [0.4, 0.5) is 0 Å². The number of nitrogens with zero attached hydrogens (tertiary/aromatic N) is 1. The number of rotatable bonds is 1. The molecule has 2 rings (SSSR count). The molecule has 0 atom stereocenters. The van der Waals surface area contributed by atoms with E-state index in [2.05, 4.69) is 5.16 Å². The van der Waals surface area contributed by atoms with Crippen molar-refractivity contribution in [3.63, 3.8) is 0 Å². The van der Waals surface area contributed by atoms with Crippen LogP contribution in [0, 0.1) is 0 Å². The number of aromatic nitrogens is 1. The van der Waals surface area contributed by atoms with E-state index < -0.39 is 0 Å². The molecule has 3 nitrogen and oxygen atoms in total. The van der Waals surface area contributed by atoms with E-state index in [1.54, 1.807) is 18.3 Å². The Kier molecular flexibility index (Phi) is 1.59. The van der Waals surface area contributed by atoms with Crippen LogP contribution in [0.15, 0.2) is 22.9 Å². The van der Waals surface area contributed by atoms with Crippen LogP contribution in [-0.2, 0) is 0 Å². The summed E-state index contributed by atoms with van der Waals surface area (Å²) < 4.78 is 4.85. The summed E-state index contributed by atoms with van der Waals surface area (Å²) in [7, 11) is 0. The van der Waals surface area contributed by atoms with E-state index in [0.29, 0.717) is 22.5 Å². The minimum absolute atomic E-state index is 0.319. The van der Waals surface area contributed by atoms with Crippen molar-refractivity contribution in [1.29, 1.82) is 0 Å². The molecule has 1 aromatic heterocycles. The molecule has 12 heavy (non-hydrogen) atoms. The van der Waals surface area contributed by atoms with E-state index in [1.807, 2.05) is 0 Å². The molecule has 0 radical (unpaired) electrons. The molecular weight excluding hydrogens is 178 g/mol. The van der Waals surface area contributed by atoms with Crippen molar-refractivity contribution >= 4 is 28.9 Å². The van der Waals surface area contributed by atoms with Crippen LogP contribution in [0.5, 0.6) is 0 Å². The highest BCUT2D eigenvalue weighted by Gasteiger charge is 2.07. The topological polar surface area (TPSA) is 43.1 Å². The largest absolute Gasteiger partial charge is 0.355 e. The number of aldehydes is 1. The Morgan fingerprint density at radius 2 is 2.33 bits per heavy atom. The maximum absolute atomic E-state index is 10.4. The first-order chi connectivity index (χ1) is 5.83. The predicted octanol–water partition coefficient (Wildman–Crippen LogP) is 2.29. The lowest BCUT2D eigenvalue weighted by Gasteiger charge is -1.93. The van der Waals surface area contributed by atoms with Crippen LogP contribution in [0.3, 0.4) is 0 Å². The zero-order valence-corrected chi connectivity index (χ0v) is 6.71. The van der Waals surface area contributed by atoms with E-state index in [4.69, 9.17) is 16.1 Å². The molecule has 0 N–H and O–H groups in total. The Morgan fingerprint density at radius 1 is 1.50 bits per heavy atom. The van der Waals surface area contributed by atoms with E-state index >= 15 is 0 Å². The van der Waals surface area contributed by atoms with Crippen molar-refractivity contribution in [2.45, 2.75) is 0 Å². The summed E-state index contributed by atoms with van der Waals surface area (Å²) in [5.74, 6) is 0. The lowest BCUT2D eigenvalue weighted by atomic mass is 10.2. The number of fused-ring (bicyclic) bond motifs is 1. The fourth-order valence-electron chi connectivity index (χ4n) is 1.01. The third kappa shape index (κ3) is 0.905. The fraction of sp³-hybridized carbons (Fsp3) is 0. The molecule has 60 valence electrons. The average Bonchev–Trinajstić information content (AvgIpc) is 2.53. The van der Waals surface area contributed by atoms with Gasteiger partial charge in [-0.3, -0.25) is 4.79 Å². The Morgan fingerprint density at radius 3 is 3.08 bits per heavy atom. The third-order valence-electron chi connectivity index (χ3n) is 1.62. The second kappa shape index (κ2) is 2.60. The zero-order chi connectivity index (χ0) is 8.55. The van der Waals surface area contributed by atoms with Gasteiger partial charge in [-0.1, -0.05) is 16.8 Å². The molecule has 0 unspecified atom stereocenters. The van der Waals surface area contributed by atoms with Gasteiger partial charge in [-0.25, -0.2) is 0 Å². The fourth-order valence-corrected chi connectivity index (χ4v) is 1.26. The van der Waals surface area contributed by atoms with Crippen LogP contribution in [0.1, 0.15) is 10.4 Å². The maximum atomic E-state index is 10.4. The number of hydrogen-bond acceptors (Lipinski definition) is 3. The quantitative estimate of drug-likeness (QED) is 0.634. The Labute approximate surface area is 72.9 Å². The first kappa shape index (κ1) is 7.31. The zero-order valence-electron chi connectivity index (χ0n) is 5.95. The van der Waals surface area contributed by atoms with Crippen molar-refractivity contribution in [2.24, 2.45) is 0 Å². The Bertz CT molecular complexity index is 436. The lowest BCUT2D eigenvalue weighted by Crippen LogP contribution is -1.80. The highest BCUT2D eigenvalue weighted by molar-refractivity contribution is 6.37. The molecule has 1 aromatic carbocycles. The van der Waals surface area contributed by atoms with Crippen molar-refractivity contribution in [1.82, 2.24) is 5.16 Å². The molecule has 0 amide bonds. The molecule has 4 heteroatoms. The Hall–Kier alpha value is -1.35. The number of halogens is 1. The average molecular weight is 182 g/mol. The summed E-state index contributed by atoms with van der Waals surface area (Å²) in [5.41, 5.74) is 0.877. The molecule has 0 saturated heterocycles. The van der Waals surface area contributed by atoms with Crippen molar-refractivity contribution in [3.05, 3.63) is 28.9 Å². The van der Waals surface area contributed by atoms with E-state index in [9.17, 15) is 4.79 Å². The standard InChI is InChI=1S/C8H4ClNO2/c9-7-6(4-11)2-1-5-3-10-12-8(5)7/h1-4H. The summed E-state index contributed by atoms with van der Waals surface area (Å²) in [5, 5.41) is 4.68. The van der Waals surface area contributed by atoms with Gasteiger partial charge in [-0.15, -0.1) is 0 Å². The smallest absolute Gasteiger partial charge is 0.186 e. The van der Waals surface area contributed by atoms with Gasteiger partial charge in [0.15, 0.2) is 11.9 Å². The van der Waals surface area contributed by atoms with E-state index in [-0.39, 0.29) is 0 Å². The molecule has 0 aliphatic heterocycles. The van der Waals surface area contributed by atoms with Crippen molar-refractivity contribution in [2.75, 3.05) is 0 Å². The first-order valence-electron chi connectivity index (χ1n) is 3.31. The highest BCUT2D eigenvalue weighted by Crippen LogP contribution is 2.25. The summed E-state index contributed by atoms with van der Waals surface area (Å²) in [6.07, 6.45) is 2.24. The predicted molar refractivity (Wildman–Crippen MR) is 44.4 cm³/mol. The molecule has 0 aliphatic carbocycles. The molecule has 1 heterocycles. The van der Waals surface area contributed by atoms with Crippen molar-refractivity contribution < 1.29 is 9.32 Å². The normalized spacial score (nSPS) is 10.4. The van der Waals surface area contributed by atoms with Gasteiger partial charge in [0.05, 0.1) is 11.2 Å². The molecule has 0 saturated carbocycles. The SMILES string of the molecule is O=Cc1ccc2cnoc2c1Cl. The molecule has 0 fully saturated rings. The minimum atomic E-state index is 0.319. The molecule has 2 aromatic rings. The number of hydrogen-bond donors (Lipinski definition) is 0. The third-order valence-corrected chi connectivity index (χ3v) is 2.01. The summed E-state index contributed by atoms with van der Waals surface area (Å²) >= 11 is 5.82. The van der Waals surface area contributed by atoms with Crippen molar-refractivity contribution in [3.8, 4) is 0 Å². The van der Waals surface area contributed by atoms with Crippen LogP contribution in [0.2, 0.25) is 5.02 Å². The van der Waals surface area contributed by atoms with Gasteiger partial charge in [-0.2, -0.15) is 0 Å². The molecule has 0 spiro atoms. The van der Waals surface area contributed by atoms with Gasteiger partial charge in [-0.05, 0) is 12.1 Å². The summed E-state index contributed by atoms with van der Waals surface area (Å²) in [6.45, 7) is 0. The number of carbonyl (C=O) groups excluding carboxylic acids is 1. The van der Waals surface area contributed by atoms with Crippen LogP contribution in [-0.4, -0.2) is 11.4 Å². The summed E-state index contributed by atoms with van der Waals surface area (Å²) in [6, 6.07) is 3.37. The highest BCUT2D eigenvalue weighted by atomic mass is 35.5. The van der Waals surface area contributed by atoms with Crippen LogP contribution >= 0.6 is 11.6 Å². The van der Waals surface area contributed by atoms with Gasteiger partial charge in [0.1, 0.15) is 0 Å². The van der Waals surface area contributed by atoms with Crippen LogP contribution in [0.25, 0.3) is 11.0 Å². The number of benzene rings is 1. The first-order valence-corrected chi connectivity index (χ1v) is 3.69. The van der Waals surface area contributed by atoms with Gasteiger partial charge >= 0.3 is 0 Å². The second-order valence-corrected chi connectivity index (χ2v) is 2.71. The minimum Gasteiger partial charge on any atom is -0.355 e.